The maximum absolute atomic E-state index is 13.5. The molecule has 2 rings (SSSR count). The number of hydrogen-bond donors (Lipinski definition) is 1. The summed E-state index contributed by atoms with van der Waals surface area (Å²) < 4.78 is 0. The fourth-order valence-electron chi connectivity index (χ4n) is 3.78. The molecule has 34 heavy (non-hydrogen) atoms. The molecule has 2 aromatic carbocycles. The van der Waals surface area contributed by atoms with E-state index in [9.17, 15) is 9.59 Å². The molecule has 0 spiro atoms. The van der Waals surface area contributed by atoms with Gasteiger partial charge in [-0.25, -0.2) is 0 Å². The average molecular weight is 506 g/mol. The third-order valence-corrected chi connectivity index (χ3v) is 6.93. The second-order valence-corrected chi connectivity index (χ2v) is 10.7. The van der Waals surface area contributed by atoms with Crippen LogP contribution in [0.2, 0.25) is 10.0 Å². The Balaban J connectivity index is 2.26. The van der Waals surface area contributed by atoms with E-state index in [0.717, 1.165) is 12.0 Å². The van der Waals surface area contributed by atoms with Crippen molar-refractivity contribution in [1.82, 2.24) is 10.2 Å². The van der Waals surface area contributed by atoms with Crippen LogP contribution >= 0.6 is 23.2 Å². The number of halogens is 2. The van der Waals surface area contributed by atoms with Gasteiger partial charge in [0.15, 0.2) is 0 Å². The Kier molecular flexibility index (Phi) is 10.5. The Morgan fingerprint density at radius 1 is 0.971 bits per heavy atom. The minimum absolute atomic E-state index is 0.0312. The number of carbonyl (C=O) groups excluding carboxylic acids is 2. The molecule has 0 aromatic heterocycles. The predicted octanol–water partition coefficient (Wildman–Crippen LogP) is 6.95. The molecule has 0 aliphatic heterocycles. The summed E-state index contributed by atoms with van der Waals surface area (Å²) in [7, 11) is 0. The van der Waals surface area contributed by atoms with Crippen molar-refractivity contribution in [2.75, 3.05) is 0 Å². The average Bonchev–Trinajstić information content (AvgIpc) is 2.78. The molecule has 6 heteroatoms. The third-order valence-electron chi connectivity index (χ3n) is 6.22. The number of nitrogens with zero attached hydrogens (tertiary/aromatic N) is 1. The molecule has 2 atom stereocenters. The topological polar surface area (TPSA) is 49.4 Å². The zero-order valence-electron chi connectivity index (χ0n) is 21.3. The quantitative estimate of drug-likeness (QED) is 0.380. The van der Waals surface area contributed by atoms with E-state index >= 15 is 0 Å². The maximum Gasteiger partial charge on any atom is 0.243 e. The van der Waals surface area contributed by atoms with Gasteiger partial charge in [0.05, 0.1) is 0 Å². The minimum atomic E-state index is -0.600. The molecule has 0 radical (unpaired) electrons. The lowest BCUT2D eigenvalue weighted by molar-refractivity contribution is -0.141. The summed E-state index contributed by atoms with van der Waals surface area (Å²) in [5.74, 6) is -0.245. The highest BCUT2D eigenvalue weighted by Crippen LogP contribution is 2.28. The Morgan fingerprint density at radius 2 is 1.56 bits per heavy atom. The fraction of sp³-hybridized carbons (Fsp3) is 0.500. The van der Waals surface area contributed by atoms with E-state index < -0.39 is 6.04 Å². The number of amides is 2. The van der Waals surface area contributed by atoms with Crippen LogP contribution < -0.4 is 5.32 Å². The molecule has 0 aliphatic carbocycles. The highest BCUT2D eigenvalue weighted by Gasteiger charge is 2.30. The second-order valence-electron chi connectivity index (χ2n) is 9.91. The van der Waals surface area contributed by atoms with Gasteiger partial charge in [-0.1, -0.05) is 88.2 Å². The first-order chi connectivity index (χ1) is 16.0. The van der Waals surface area contributed by atoms with Gasteiger partial charge in [-0.15, -0.1) is 0 Å². The van der Waals surface area contributed by atoms with E-state index in [2.05, 4.69) is 50.4 Å². The molecule has 0 fully saturated rings. The van der Waals surface area contributed by atoms with Crippen molar-refractivity contribution in [2.45, 2.75) is 91.3 Å². The number of rotatable bonds is 10. The molecule has 2 amide bonds. The van der Waals surface area contributed by atoms with Crippen LogP contribution in [0.3, 0.4) is 0 Å². The van der Waals surface area contributed by atoms with Gasteiger partial charge in [0.2, 0.25) is 11.8 Å². The van der Waals surface area contributed by atoms with E-state index in [0.29, 0.717) is 34.9 Å². The molecule has 0 saturated heterocycles. The van der Waals surface area contributed by atoms with Gasteiger partial charge >= 0.3 is 0 Å². The van der Waals surface area contributed by atoms with Crippen molar-refractivity contribution >= 4 is 35.0 Å². The van der Waals surface area contributed by atoms with Crippen molar-refractivity contribution in [3.63, 3.8) is 0 Å². The van der Waals surface area contributed by atoms with Gasteiger partial charge in [-0.05, 0) is 54.9 Å². The summed E-state index contributed by atoms with van der Waals surface area (Å²) in [6, 6.07) is 13.1. The van der Waals surface area contributed by atoms with Crippen molar-refractivity contribution in [3.8, 4) is 0 Å². The lowest BCUT2D eigenvalue weighted by Gasteiger charge is -2.32. The Morgan fingerprint density at radius 3 is 2.06 bits per heavy atom. The van der Waals surface area contributed by atoms with Gasteiger partial charge in [0.25, 0.3) is 0 Å². The van der Waals surface area contributed by atoms with Gasteiger partial charge in [0.1, 0.15) is 6.04 Å². The molecule has 0 saturated carbocycles. The molecule has 0 bridgehead atoms. The molecule has 1 N–H and O–H groups in total. The zero-order chi connectivity index (χ0) is 25.5. The summed E-state index contributed by atoms with van der Waals surface area (Å²) in [6.07, 6.45) is 2.21. The van der Waals surface area contributed by atoms with Gasteiger partial charge in [0, 0.05) is 34.6 Å². The van der Waals surface area contributed by atoms with E-state index in [-0.39, 0.29) is 29.8 Å². The number of aryl methyl sites for hydroxylation is 1. The highest BCUT2D eigenvalue weighted by molar-refractivity contribution is 6.36. The normalized spacial score (nSPS) is 13.3. The zero-order valence-corrected chi connectivity index (χ0v) is 22.8. The largest absolute Gasteiger partial charge is 0.352 e. The van der Waals surface area contributed by atoms with Crippen LogP contribution in [0.1, 0.15) is 77.5 Å². The molecule has 0 heterocycles. The smallest absolute Gasteiger partial charge is 0.243 e. The third kappa shape index (κ3) is 7.74. The standard InChI is InChI=1S/C28H38Cl2N2O2/c1-7-19(3)31-27(34)25(8-2)32(18-22-23(29)10-9-11-24(22)30)26(33)17-14-20-12-15-21(16-13-20)28(4,5)6/h9-13,15-16,19,25H,7-8,14,17-18H2,1-6H3,(H,31,34)/t19-,25+/m1/s1. The van der Waals surface area contributed by atoms with Crippen molar-refractivity contribution in [1.29, 1.82) is 0 Å². The van der Waals surface area contributed by atoms with E-state index in [4.69, 9.17) is 23.2 Å². The Hall–Kier alpha value is -2.04. The second kappa shape index (κ2) is 12.6. The van der Waals surface area contributed by atoms with Gasteiger partial charge in [-0.2, -0.15) is 0 Å². The molecule has 0 unspecified atom stereocenters. The molecular weight excluding hydrogens is 467 g/mol. The first kappa shape index (κ1) is 28.2. The van der Waals surface area contributed by atoms with Crippen molar-refractivity contribution in [2.24, 2.45) is 0 Å². The van der Waals surface area contributed by atoms with Crippen LogP contribution in [0.5, 0.6) is 0 Å². The van der Waals surface area contributed by atoms with Crippen LogP contribution in [-0.2, 0) is 28.0 Å². The molecule has 4 nitrogen and oxygen atoms in total. The first-order valence-corrected chi connectivity index (χ1v) is 12.9. The Labute approximate surface area is 215 Å². The van der Waals surface area contributed by atoms with E-state index in [1.54, 1.807) is 23.1 Å². The van der Waals surface area contributed by atoms with Crippen LogP contribution in [0.4, 0.5) is 0 Å². The summed E-state index contributed by atoms with van der Waals surface area (Å²) in [5, 5.41) is 4.00. The van der Waals surface area contributed by atoms with E-state index in [1.165, 1.54) is 5.56 Å². The van der Waals surface area contributed by atoms with E-state index in [1.807, 2.05) is 20.8 Å². The molecular formula is C28H38Cl2N2O2. The summed E-state index contributed by atoms with van der Waals surface area (Å²) in [5.41, 5.74) is 3.08. The van der Waals surface area contributed by atoms with Crippen LogP contribution in [0, 0.1) is 0 Å². The lowest BCUT2D eigenvalue weighted by Crippen LogP contribution is -2.50. The lowest BCUT2D eigenvalue weighted by atomic mass is 9.86. The fourth-order valence-corrected chi connectivity index (χ4v) is 4.30. The highest BCUT2D eigenvalue weighted by atomic mass is 35.5. The number of hydrogen-bond acceptors (Lipinski definition) is 2. The number of benzene rings is 2. The summed E-state index contributed by atoms with van der Waals surface area (Å²) in [4.78, 5) is 28.2. The summed E-state index contributed by atoms with van der Waals surface area (Å²) in [6.45, 7) is 12.6. The van der Waals surface area contributed by atoms with Crippen molar-refractivity contribution in [3.05, 3.63) is 69.2 Å². The number of nitrogens with one attached hydrogen (secondary N) is 1. The number of carbonyl (C=O) groups is 2. The predicted molar refractivity (Wildman–Crippen MR) is 142 cm³/mol. The van der Waals surface area contributed by atoms with Gasteiger partial charge in [-0.3, -0.25) is 9.59 Å². The van der Waals surface area contributed by atoms with Crippen LogP contribution in [0.25, 0.3) is 0 Å². The van der Waals surface area contributed by atoms with Crippen LogP contribution in [-0.4, -0.2) is 28.8 Å². The molecule has 2 aromatic rings. The molecule has 186 valence electrons. The molecule has 0 aliphatic rings. The van der Waals surface area contributed by atoms with Gasteiger partial charge < -0.3 is 10.2 Å². The van der Waals surface area contributed by atoms with Crippen LogP contribution in [0.15, 0.2) is 42.5 Å². The maximum atomic E-state index is 13.5. The van der Waals surface area contributed by atoms with Crippen molar-refractivity contribution < 1.29 is 9.59 Å². The monoisotopic (exact) mass is 504 g/mol. The summed E-state index contributed by atoms with van der Waals surface area (Å²) >= 11 is 12.8. The SMILES string of the molecule is CC[C@@H](C)NC(=O)[C@H](CC)N(Cc1c(Cl)cccc1Cl)C(=O)CCc1ccc(C(C)(C)C)cc1. The minimum Gasteiger partial charge on any atom is -0.352 e. The first-order valence-electron chi connectivity index (χ1n) is 12.1. The Bertz CT molecular complexity index is 947.